The summed E-state index contributed by atoms with van der Waals surface area (Å²) in [5.74, 6) is 0. The van der Waals surface area contributed by atoms with Crippen molar-refractivity contribution in [3.8, 4) is 0 Å². The van der Waals surface area contributed by atoms with E-state index in [1.54, 1.807) is 19.2 Å². The summed E-state index contributed by atoms with van der Waals surface area (Å²) in [6, 6.07) is 1.64. The van der Waals surface area contributed by atoms with Crippen molar-refractivity contribution in [1.29, 1.82) is 0 Å². The minimum atomic E-state index is -0.411. The summed E-state index contributed by atoms with van der Waals surface area (Å²) in [6.45, 7) is 6.03. The van der Waals surface area contributed by atoms with E-state index in [1.807, 2.05) is 0 Å². The van der Waals surface area contributed by atoms with Gasteiger partial charge in [-0.25, -0.2) is 4.68 Å². The Morgan fingerprint density at radius 3 is 2.63 bits per heavy atom. The van der Waals surface area contributed by atoms with E-state index in [1.165, 1.54) is 4.68 Å². The van der Waals surface area contributed by atoms with Gasteiger partial charge in [-0.2, -0.15) is 5.10 Å². The molecule has 0 bridgehead atoms. The molecule has 0 amide bonds. The van der Waals surface area contributed by atoms with Gasteiger partial charge in [0, 0.05) is 38.8 Å². The zero-order valence-corrected chi connectivity index (χ0v) is 11.6. The van der Waals surface area contributed by atoms with Crippen LogP contribution in [0.15, 0.2) is 17.1 Å². The third-order valence-corrected chi connectivity index (χ3v) is 3.48. The Hall–Kier alpha value is -1.40. The Morgan fingerprint density at radius 2 is 2.05 bits per heavy atom. The molecule has 1 aliphatic rings. The molecule has 1 aliphatic heterocycles. The molecular formula is C13H22N4O2. The highest BCUT2D eigenvalue weighted by Gasteiger charge is 2.15. The third kappa shape index (κ3) is 3.78. The molecule has 1 atom stereocenters. The number of aromatic nitrogens is 2. The number of rotatable bonds is 4. The molecule has 1 saturated heterocycles. The molecule has 1 N–H and O–H groups in total. The van der Waals surface area contributed by atoms with Gasteiger partial charge in [0.2, 0.25) is 0 Å². The molecule has 6 heteroatoms. The molecule has 0 spiro atoms. The summed E-state index contributed by atoms with van der Waals surface area (Å²) in [5, 5.41) is 13.4. The number of anilines is 1. The maximum absolute atomic E-state index is 11.9. The van der Waals surface area contributed by atoms with Crippen LogP contribution in [0.3, 0.4) is 0 Å². The summed E-state index contributed by atoms with van der Waals surface area (Å²) in [7, 11) is 2.10. The molecule has 0 saturated carbocycles. The number of aliphatic hydroxyl groups excluding tert-OH is 1. The summed E-state index contributed by atoms with van der Waals surface area (Å²) in [4.78, 5) is 16.4. The number of hydrogen-bond acceptors (Lipinski definition) is 5. The molecule has 19 heavy (non-hydrogen) atoms. The van der Waals surface area contributed by atoms with Crippen molar-refractivity contribution in [3.63, 3.8) is 0 Å². The Balaban J connectivity index is 2.04. The van der Waals surface area contributed by atoms with E-state index >= 15 is 0 Å². The van der Waals surface area contributed by atoms with Crippen LogP contribution < -0.4 is 10.5 Å². The van der Waals surface area contributed by atoms with E-state index < -0.39 is 6.10 Å². The van der Waals surface area contributed by atoms with Crippen LogP contribution in [0.5, 0.6) is 0 Å². The van der Waals surface area contributed by atoms with Crippen LogP contribution in [-0.4, -0.2) is 59.1 Å². The van der Waals surface area contributed by atoms with Gasteiger partial charge in [-0.1, -0.05) is 0 Å². The molecule has 1 aromatic heterocycles. The maximum Gasteiger partial charge on any atom is 0.268 e. The lowest BCUT2D eigenvalue weighted by atomic mass is 10.3. The van der Waals surface area contributed by atoms with E-state index in [0.29, 0.717) is 13.0 Å². The van der Waals surface area contributed by atoms with Crippen molar-refractivity contribution in [3.05, 3.63) is 22.6 Å². The fourth-order valence-electron chi connectivity index (χ4n) is 2.14. The van der Waals surface area contributed by atoms with Gasteiger partial charge in [-0.15, -0.1) is 0 Å². The van der Waals surface area contributed by atoms with E-state index in [0.717, 1.165) is 31.9 Å². The van der Waals surface area contributed by atoms with Crippen molar-refractivity contribution in [2.75, 3.05) is 38.1 Å². The standard InChI is InChI=1S/C13H22N4O2/c1-11(18)3-4-17-13(19)9-12(10-14-17)16-7-5-15(2)6-8-16/h9-11,18H,3-8H2,1-2H3. The lowest BCUT2D eigenvalue weighted by Crippen LogP contribution is -2.45. The predicted octanol–water partition coefficient (Wildman–Crippen LogP) is -0.234. The highest BCUT2D eigenvalue weighted by Crippen LogP contribution is 2.12. The van der Waals surface area contributed by atoms with E-state index in [-0.39, 0.29) is 5.56 Å². The minimum absolute atomic E-state index is 0.0999. The van der Waals surface area contributed by atoms with Crippen LogP contribution in [0.25, 0.3) is 0 Å². The fraction of sp³-hybridized carbons (Fsp3) is 0.692. The van der Waals surface area contributed by atoms with Crippen LogP contribution in [0.4, 0.5) is 5.69 Å². The number of piperazine rings is 1. The van der Waals surface area contributed by atoms with Crippen molar-refractivity contribution in [1.82, 2.24) is 14.7 Å². The van der Waals surface area contributed by atoms with Crippen LogP contribution in [0.2, 0.25) is 0 Å². The van der Waals surface area contributed by atoms with Gasteiger partial charge in [0.15, 0.2) is 0 Å². The van der Waals surface area contributed by atoms with Crippen LogP contribution in [-0.2, 0) is 6.54 Å². The van der Waals surface area contributed by atoms with Gasteiger partial charge in [0.25, 0.3) is 5.56 Å². The summed E-state index contributed by atoms with van der Waals surface area (Å²) in [6.07, 6.45) is 1.88. The summed E-state index contributed by atoms with van der Waals surface area (Å²) >= 11 is 0. The van der Waals surface area contributed by atoms with Gasteiger partial charge in [-0.05, 0) is 20.4 Å². The third-order valence-electron chi connectivity index (χ3n) is 3.48. The summed E-state index contributed by atoms with van der Waals surface area (Å²) < 4.78 is 1.41. The highest BCUT2D eigenvalue weighted by molar-refractivity contribution is 5.43. The highest BCUT2D eigenvalue weighted by atomic mass is 16.3. The molecular weight excluding hydrogens is 244 g/mol. The molecule has 1 aromatic rings. The van der Waals surface area contributed by atoms with E-state index in [9.17, 15) is 9.90 Å². The number of likely N-dealkylation sites (N-methyl/N-ethyl adjacent to an activating group) is 1. The monoisotopic (exact) mass is 266 g/mol. The van der Waals surface area contributed by atoms with Crippen LogP contribution in [0.1, 0.15) is 13.3 Å². The number of hydrogen-bond donors (Lipinski definition) is 1. The molecule has 1 fully saturated rings. The SMILES string of the molecule is CC(O)CCn1ncc(N2CCN(C)CC2)cc1=O. The van der Waals surface area contributed by atoms with E-state index in [2.05, 4.69) is 21.9 Å². The van der Waals surface area contributed by atoms with Gasteiger partial charge < -0.3 is 14.9 Å². The smallest absolute Gasteiger partial charge is 0.268 e. The minimum Gasteiger partial charge on any atom is -0.393 e. The zero-order chi connectivity index (χ0) is 13.8. The lowest BCUT2D eigenvalue weighted by molar-refractivity contribution is 0.175. The fourth-order valence-corrected chi connectivity index (χ4v) is 2.14. The number of nitrogens with zero attached hydrogens (tertiary/aromatic N) is 4. The molecule has 6 nitrogen and oxygen atoms in total. The van der Waals surface area contributed by atoms with Crippen LogP contribution in [0, 0.1) is 0 Å². The Bertz CT molecular complexity index is 464. The molecule has 106 valence electrons. The Kier molecular flexibility index (Phi) is 4.55. The van der Waals surface area contributed by atoms with E-state index in [4.69, 9.17) is 0 Å². The zero-order valence-electron chi connectivity index (χ0n) is 11.6. The molecule has 2 heterocycles. The molecule has 0 aliphatic carbocycles. The average Bonchev–Trinajstić information content (AvgIpc) is 2.38. The topological polar surface area (TPSA) is 61.6 Å². The first-order chi connectivity index (χ1) is 9.06. The largest absolute Gasteiger partial charge is 0.393 e. The molecule has 2 rings (SSSR count). The van der Waals surface area contributed by atoms with Crippen molar-refractivity contribution >= 4 is 5.69 Å². The first-order valence-electron chi connectivity index (χ1n) is 6.75. The van der Waals surface area contributed by atoms with Crippen molar-refractivity contribution < 1.29 is 5.11 Å². The maximum atomic E-state index is 11.9. The van der Waals surface area contributed by atoms with Gasteiger partial charge >= 0.3 is 0 Å². The Labute approximate surface area is 113 Å². The summed E-state index contributed by atoms with van der Waals surface area (Å²) in [5.41, 5.74) is 0.795. The second-order valence-corrected chi connectivity index (χ2v) is 5.20. The number of aryl methyl sites for hydroxylation is 1. The molecule has 1 unspecified atom stereocenters. The number of aliphatic hydroxyl groups is 1. The van der Waals surface area contributed by atoms with Gasteiger partial charge in [0.1, 0.15) is 0 Å². The average molecular weight is 266 g/mol. The van der Waals surface area contributed by atoms with Gasteiger partial charge in [0.05, 0.1) is 18.0 Å². The predicted molar refractivity (Wildman–Crippen MR) is 74.5 cm³/mol. The van der Waals surface area contributed by atoms with Crippen LogP contribution >= 0.6 is 0 Å². The quantitative estimate of drug-likeness (QED) is 0.815. The Morgan fingerprint density at radius 1 is 1.37 bits per heavy atom. The first kappa shape index (κ1) is 14.0. The normalized spacial score (nSPS) is 18.6. The second kappa shape index (κ2) is 6.16. The second-order valence-electron chi connectivity index (χ2n) is 5.20. The molecule has 0 aromatic carbocycles. The molecule has 0 radical (unpaired) electrons. The van der Waals surface area contributed by atoms with Crippen molar-refractivity contribution in [2.24, 2.45) is 0 Å². The van der Waals surface area contributed by atoms with Crippen molar-refractivity contribution in [2.45, 2.75) is 26.0 Å². The lowest BCUT2D eigenvalue weighted by Gasteiger charge is -2.33. The van der Waals surface area contributed by atoms with Gasteiger partial charge in [-0.3, -0.25) is 4.79 Å². The first-order valence-corrected chi connectivity index (χ1v) is 6.75.